The van der Waals surface area contributed by atoms with Gasteiger partial charge in [0.25, 0.3) is 5.91 Å². The second kappa shape index (κ2) is 11.7. The maximum atomic E-state index is 16.3. The summed E-state index contributed by atoms with van der Waals surface area (Å²) in [4.78, 5) is 40.7. The van der Waals surface area contributed by atoms with Gasteiger partial charge in [-0.15, -0.1) is 0 Å². The molecule has 2 aromatic rings. The molecule has 0 aliphatic carbocycles. The minimum atomic E-state index is -1.93. The van der Waals surface area contributed by atoms with E-state index in [0.29, 0.717) is 43.7 Å². The third kappa shape index (κ3) is 5.59. The summed E-state index contributed by atoms with van der Waals surface area (Å²) in [7, 11) is 10.3. The number of aliphatic hydroxyl groups is 1. The van der Waals surface area contributed by atoms with Gasteiger partial charge in [0.1, 0.15) is 45.2 Å². The Morgan fingerprint density at radius 2 is 1.83 bits per heavy atom. The van der Waals surface area contributed by atoms with Crippen LogP contribution in [0.25, 0.3) is 0 Å². The lowest BCUT2D eigenvalue weighted by molar-refractivity contribution is -0.131. The molecule has 2 unspecified atom stereocenters. The van der Waals surface area contributed by atoms with Gasteiger partial charge >= 0.3 is 0 Å². The van der Waals surface area contributed by atoms with E-state index in [0.717, 1.165) is 4.90 Å². The zero-order valence-corrected chi connectivity index (χ0v) is 24.6. The summed E-state index contributed by atoms with van der Waals surface area (Å²) in [6.45, 7) is 2.56. The van der Waals surface area contributed by atoms with Gasteiger partial charge < -0.3 is 34.5 Å². The number of amides is 2. The van der Waals surface area contributed by atoms with E-state index in [1.54, 1.807) is 52.1 Å². The number of halogens is 1. The van der Waals surface area contributed by atoms with Gasteiger partial charge in [-0.05, 0) is 29.5 Å². The fourth-order valence-corrected chi connectivity index (χ4v) is 6.04. The first kappa shape index (κ1) is 30.9. The van der Waals surface area contributed by atoms with Crippen LogP contribution in [0.15, 0.2) is 36.4 Å². The Labute approximate surface area is 244 Å². The van der Waals surface area contributed by atoms with Gasteiger partial charge in [0, 0.05) is 37.7 Å². The summed E-state index contributed by atoms with van der Waals surface area (Å²) in [5.41, 5.74) is -0.722. The summed E-state index contributed by atoms with van der Waals surface area (Å²) in [6, 6.07) is 8.97. The normalized spacial score (nSPS) is 20.4. The van der Waals surface area contributed by atoms with Crippen LogP contribution >= 0.6 is 0 Å². The molecule has 2 atom stereocenters. The molecule has 0 radical (unpaired) electrons. The van der Waals surface area contributed by atoms with Crippen LogP contribution in [0, 0.1) is 5.82 Å². The number of morpholine rings is 1. The zero-order chi connectivity index (χ0) is 30.2. The van der Waals surface area contributed by atoms with Crippen LogP contribution in [0.1, 0.15) is 39.9 Å². The van der Waals surface area contributed by atoms with E-state index < -0.39 is 34.2 Å². The number of hydrogen-bond donors (Lipinski definition) is 2. The fourth-order valence-electron chi connectivity index (χ4n) is 6.04. The number of carbonyl (C=O) groups is 3. The van der Waals surface area contributed by atoms with E-state index in [2.05, 4.69) is 10.2 Å². The highest BCUT2D eigenvalue weighted by atomic mass is 19.1. The highest BCUT2D eigenvalue weighted by Gasteiger charge is 2.51. The molecule has 9 nitrogen and oxygen atoms in total. The number of fused-ring (bicyclic) bond motifs is 1. The Morgan fingerprint density at radius 1 is 1.20 bits per heavy atom. The molecule has 2 aliphatic rings. The summed E-state index contributed by atoms with van der Waals surface area (Å²) in [5.74, 6) is -1.26. The molecule has 212 valence electrons. The molecular formula is C26H35B5FN3O6. The Balaban J connectivity index is 1.72. The molecule has 15 heteroatoms. The lowest BCUT2D eigenvalue weighted by atomic mass is 9.55. The first-order valence-electron chi connectivity index (χ1n) is 13.9. The van der Waals surface area contributed by atoms with Crippen molar-refractivity contribution in [2.45, 2.75) is 35.2 Å². The van der Waals surface area contributed by atoms with Crippen LogP contribution in [-0.2, 0) is 30.7 Å². The van der Waals surface area contributed by atoms with Crippen LogP contribution in [-0.4, -0.2) is 112 Å². The van der Waals surface area contributed by atoms with E-state index in [9.17, 15) is 19.5 Å². The second-order valence-electron chi connectivity index (χ2n) is 11.7. The van der Waals surface area contributed by atoms with E-state index in [-0.39, 0.29) is 35.5 Å². The van der Waals surface area contributed by atoms with Crippen LogP contribution in [0.3, 0.4) is 0 Å². The molecule has 0 aromatic heterocycles. The lowest BCUT2D eigenvalue weighted by Crippen LogP contribution is -2.55. The molecule has 4 rings (SSSR count). The highest BCUT2D eigenvalue weighted by molar-refractivity contribution is 6.40. The standard InChI is InChI=1S/C26H35B5FN3O6/c1-33-22(37)18(8-4-12-36)35-23(38)15-5-2-9-19(20(15)26(35,31)39)41-25(29,30)17-7-3-6-16(21(17)32)24(27,28)34-10-13-40-14-11-34/h2-3,5-7,9,12,18,39H,4,8,10-11,13-14,27-31H2,1H3,(H,33,37). The molecule has 2 amide bonds. The van der Waals surface area contributed by atoms with E-state index in [4.69, 9.17) is 9.47 Å². The van der Waals surface area contributed by atoms with Crippen LogP contribution in [0.5, 0.6) is 5.75 Å². The quantitative estimate of drug-likeness (QED) is 0.228. The van der Waals surface area contributed by atoms with Crippen LogP contribution in [0.4, 0.5) is 4.39 Å². The van der Waals surface area contributed by atoms with Gasteiger partial charge in [0.15, 0.2) is 23.5 Å². The monoisotopic (exact) mass is 559 g/mol. The predicted octanol–water partition coefficient (Wildman–Crippen LogP) is -3.72. The van der Waals surface area contributed by atoms with Gasteiger partial charge in [0.05, 0.1) is 24.2 Å². The number of ether oxygens (including phenoxy) is 2. The smallest absolute Gasteiger partial charge is 0.257 e. The van der Waals surface area contributed by atoms with Crippen molar-refractivity contribution in [3.05, 3.63) is 64.5 Å². The van der Waals surface area contributed by atoms with Crippen molar-refractivity contribution in [3.8, 4) is 5.75 Å². The minimum absolute atomic E-state index is 0.0289. The first-order valence-corrected chi connectivity index (χ1v) is 13.9. The third-order valence-corrected chi connectivity index (χ3v) is 8.31. The van der Waals surface area contributed by atoms with Crippen molar-refractivity contribution in [1.29, 1.82) is 0 Å². The van der Waals surface area contributed by atoms with Gasteiger partial charge in [-0.3, -0.25) is 9.59 Å². The molecule has 0 spiro atoms. The molecule has 2 N–H and O–H groups in total. The molecule has 2 aromatic carbocycles. The number of rotatable bonds is 10. The van der Waals surface area contributed by atoms with E-state index >= 15 is 4.39 Å². The number of aldehydes is 1. The maximum absolute atomic E-state index is 16.3. The molecular weight excluding hydrogens is 523 g/mol. The van der Waals surface area contributed by atoms with Crippen molar-refractivity contribution >= 4 is 57.3 Å². The van der Waals surface area contributed by atoms with E-state index in [1.807, 2.05) is 15.7 Å². The van der Waals surface area contributed by atoms with Gasteiger partial charge in [-0.25, -0.2) is 4.39 Å². The Bertz CT molecular complexity index is 1340. The Morgan fingerprint density at radius 3 is 2.46 bits per heavy atom. The van der Waals surface area contributed by atoms with Crippen molar-refractivity contribution < 1.29 is 33.4 Å². The van der Waals surface area contributed by atoms with Crippen molar-refractivity contribution in [3.63, 3.8) is 0 Å². The summed E-state index contributed by atoms with van der Waals surface area (Å²) in [6.07, 6.45) is 0.733. The van der Waals surface area contributed by atoms with Gasteiger partial charge in [-0.2, -0.15) is 0 Å². The largest absolute Gasteiger partial charge is 0.501 e. The van der Waals surface area contributed by atoms with Crippen molar-refractivity contribution in [2.75, 3.05) is 33.4 Å². The van der Waals surface area contributed by atoms with Gasteiger partial charge in [-0.1, -0.05) is 24.3 Å². The predicted molar refractivity (Wildman–Crippen MR) is 165 cm³/mol. The highest BCUT2D eigenvalue weighted by Crippen LogP contribution is 2.44. The van der Waals surface area contributed by atoms with Gasteiger partial charge in [0.2, 0.25) is 5.91 Å². The molecule has 1 fully saturated rings. The topological polar surface area (TPSA) is 108 Å². The average molecular weight is 559 g/mol. The summed E-state index contributed by atoms with van der Waals surface area (Å²) >= 11 is 0. The minimum Gasteiger partial charge on any atom is -0.501 e. The third-order valence-electron chi connectivity index (χ3n) is 8.31. The first-order chi connectivity index (χ1) is 19.3. The molecule has 2 aliphatic heterocycles. The number of benzene rings is 2. The molecule has 1 saturated heterocycles. The molecule has 0 bridgehead atoms. The molecule has 2 heterocycles. The summed E-state index contributed by atoms with van der Waals surface area (Å²) in [5, 5.41) is 12.5. The second-order valence-corrected chi connectivity index (χ2v) is 11.7. The maximum Gasteiger partial charge on any atom is 0.257 e. The number of nitrogens with zero attached hydrogens (tertiary/aromatic N) is 2. The molecule has 0 saturated carbocycles. The zero-order valence-electron chi connectivity index (χ0n) is 24.6. The van der Waals surface area contributed by atoms with E-state index in [1.165, 1.54) is 14.9 Å². The number of likely N-dealkylation sites (N-methyl/N-ethyl adjacent to an activating group) is 1. The van der Waals surface area contributed by atoms with Crippen molar-refractivity contribution in [2.24, 2.45) is 0 Å². The molecule has 41 heavy (non-hydrogen) atoms. The Hall–Kier alpha value is -3.02. The van der Waals surface area contributed by atoms with Crippen LogP contribution in [0.2, 0.25) is 0 Å². The number of nitrogens with one attached hydrogen (secondary N) is 1. The number of hydrogen-bond acceptors (Lipinski definition) is 7. The van der Waals surface area contributed by atoms with Crippen LogP contribution < -0.4 is 10.1 Å². The average Bonchev–Trinajstić information content (AvgIpc) is 3.14. The lowest BCUT2D eigenvalue weighted by Gasteiger charge is -2.42. The summed E-state index contributed by atoms with van der Waals surface area (Å²) < 4.78 is 28.2. The SMILES string of the molecule is BC(B)(Oc1cccc2c1C(B)(O)N(C(CCC=O)C(=O)NC)C2=O)c1cccc(C(B)(B)N2CCOCC2)c1F. The number of carbonyl (C=O) groups excluding carboxylic acids is 3. The fraction of sp³-hybridized carbons (Fsp3) is 0.423. The van der Waals surface area contributed by atoms with Crippen molar-refractivity contribution in [1.82, 2.24) is 15.1 Å². The Kier molecular flexibility index (Phi) is 8.83.